The van der Waals surface area contributed by atoms with E-state index in [1.807, 2.05) is 12.1 Å². The third-order valence-electron chi connectivity index (χ3n) is 5.56. The topological polar surface area (TPSA) is 88.0 Å². The molecule has 2 aromatic carbocycles. The van der Waals surface area contributed by atoms with Gasteiger partial charge in [0.05, 0.1) is 16.1 Å². The predicted molar refractivity (Wildman–Crippen MR) is 127 cm³/mol. The van der Waals surface area contributed by atoms with Crippen molar-refractivity contribution in [2.24, 2.45) is 0 Å². The Balaban J connectivity index is 1.45. The molecule has 33 heavy (non-hydrogen) atoms. The van der Waals surface area contributed by atoms with Crippen LogP contribution in [0.25, 0.3) is 16.6 Å². The van der Waals surface area contributed by atoms with Crippen LogP contribution in [0.5, 0.6) is 0 Å². The maximum Gasteiger partial charge on any atom is 0.282 e. The van der Waals surface area contributed by atoms with Crippen LogP contribution in [0.1, 0.15) is 5.69 Å². The van der Waals surface area contributed by atoms with Gasteiger partial charge in [0.25, 0.3) is 5.56 Å². The first kappa shape index (κ1) is 21.3. The summed E-state index contributed by atoms with van der Waals surface area (Å²) in [5.41, 5.74) is 2.18. The molecule has 5 rings (SSSR count). The molecule has 0 bridgehead atoms. The molecule has 0 atom stereocenters. The van der Waals surface area contributed by atoms with E-state index >= 15 is 0 Å². The van der Waals surface area contributed by atoms with Gasteiger partial charge in [0.1, 0.15) is 11.2 Å². The number of aryl methyl sites for hydroxylation is 1. The number of rotatable bonds is 4. The van der Waals surface area contributed by atoms with Crippen LogP contribution in [0.2, 0.25) is 5.02 Å². The Hall–Kier alpha value is -3.56. The van der Waals surface area contributed by atoms with Gasteiger partial charge in [-0.25, -0.2) is 14.4 Å². The van der Waals surface area contributed by atoms with Crippen molar-refractivity contribution in [3.05, 3.63) is 75.5 Å². The molecule has 10 heteroatoms. The highest BCUT2D eigenvalue weighted by molar-refractivity contribution is 6.32. The summed E-state index contributed by atoms with van der Waals surface area (Å²) in [6.07, 6.45) is 1.42. The van der Waals surface area contributed by atoms with Gasteiger partial charge in [0.2, 0.25) is 5.95 Å². The molecule has 0 aliphatic carbocycles. The molecule has 2 N–H and O–H groups in total. The van der Waals surface area contributed by atoms with Gasteiger partial charge in [-0.2, -0.15) is 9.78 Å². The molecule has 1 fully saturated rings. The van der Waals surface area contributed by atoms with Crippen molar-refractivity contribution in [2.45, 2.75) is 6.92 Å². The number of benzene rings is 2. The second kappa shape index (κ2) is 8.76. The smallest absolute Gasteiger partial charge is 0.282 e. The average Bonchev–Trinajstić information content (AvgIpc) is 2.83. The number of hydrogen-bond acceptors (Lipinski definition) is 7. The molecule has 3 heterocycles. The number of aromatic nitrogens is 4. The Morgan fingerprint density at radius 1 is 1.12 bits per heavy atom. The van der Waals surface area contributed by atoms with Gasteiger partial charge in [0.15, 0.2) is 5.82 Å². The Morgan fingerprint density at radius 3 is 2.61 bits per heavy atom. The normalized spacial score (nSPS) is 14.0. The first-order chi connectivity index (χ1) is 16.0. The minimum Gasteiger partial charge on any atom is -0.369 e. The van der Waals surface area contributed by atoms with Crippen molar-refractivity contribution in [2.75, 3.05) is 36.4 Å². The van der Waals surface area contributed by atoms with E-state index in [1.165, 1.54) is 24.4 Å². The Kier molecular flexibility index (Phi) is 5.65. The molecule has 0 amide bonds. The average molecular weight is 466 g/mol. The van der Waals surface area contributed by atoms with Crippen LogP contribution in [0.3, 0.4) is 0 Å². The number of nitrogens with zero attached hydrogens (tertiary/aromatic N) is 5. The number of anilines is 3. The van der Waals surface area contributed by atoms with Gasteiger partial charge >= 0.3 is 0 Å². The molecule has 8 nitrogen and oxygen atoms in total. The van der Waals surface area contributed by atoms with Gasteiger partial charge in [0, 0.05) is 43.8 Å². The molecule has 1 aliphatic rings. The van der Waals surface area contributed by atoms with Crippen molar-refractivity contribution in [3.63, 3.8) is 0 Å². The Bertz CT molecular complexity index is 1360. The van der Waals surface area contributed by atoms with Crippen LogP contribution in [0.4, 0.5) is 21.7 Å². The molecule has 4 aromatic rings. The van der Waals surface area contributed by atoms with Crippen molar-refractivity contribution in [3.8, 4) is 5.69 Å². The summed E-state index contributed by atoms with van der Waals surface area (Å²) in [6, 6.07) is 12.2. The number of halogens is 2. The van der Waals surface area contributed by atoms with Gasteiger partial charge < -0.3 is 15.5 Å². The standard InChI is InChI=1S/C23H21ClFN7O/c1-14-20-17(22(33)32(30-14)21-18(24)3-2-4-19(21)25)13-27-23(29-20)28-15-5-7-16(8-6-15)31-11-9-26-10-12-31/h2-8,13,26H,9-12H2,1H3,(H,27,28,29). The fraction of sp³-hybridized carbons (Fsp3) is 0.217. The number of hydrogen-bond donors (Lipinski definition) is 2. The first-order valence-corrected chi connectivity index (χ1v) is 10.9. The van der Waals surface area contributed by atoms with E-state index < -0.39 is 11.4 Å². The van der Waals surface area contributed by atoms with Gasteiger partial charge in [-0.3, -0.25) is 4.79 Å². The zero-order chi connectivity index (χ0) is 22.9. The molecule has 0 saturated carbocycles. The van der Waals surface area contributed by atoms with E-state index in [4.69, 9.17) is 11.6 Å². The molecule has 0 radical (unpaired) electrons. The lowest BCUT2D eigenvalue weighted by atomic mass is 10.2. The molecule has 1 saturated heterocycles. The summed E-state index contributed by atoms with van der Waals surface area (Å²) < 4.78 is 15.3. The summed E-state index contributed by atoms with van der Waals surface area (Å²) in [6.45, 7) is 5.60. The zero-order valence-corrected chi connectivity index (χ0v) is 18.6. The number of para-hydroxylation sites is 1. The summed E-state index contributed by atoms with van der Waals surface area (Å²) in [7, 11) is 0. The predicted octanol–water partition coefficient (Wildman–Crippen LogP) is 3.43. The van der Waals surface area contributed by atoms with Crippen LogP contribution in [0.15, 0.2) is 53.5 Å². The monoisotopic (exact) mass is 465 g/mol. The van der Waals surface area contributed by atoms with Crippen molar-refractivity contribution >= 4 is 39.8 Å². The number of fused-ring (bicyclic) bond motifs is 1. The van der Waals surface area contributed by atoms with E-state index in [1.54, 1.807) is 6.92 Å². The van der Waals surface area contributed by atoms with E-state index in [2.05, 4.69) is 42.7 Å². The highest BCUT2D eigenvalue weighted by Gasteiger charge is 2.17. The maximum atomic E-state index is 14.4. The summed E-state index contributed by atoms with van der Waals surface area (Å²) in [5, 5.41) is 11.1. The third-order valence-corrected chi connectivity index (χ3v) is 5.86. The number of nitrogens with one attached hydrogen (secondary N) is 2. The second-order valence-corrected chi connectivity index (χ2v) is 8.14. The van der Waals surface area contributed by atoms with Crippen molar-refractivity contribution in [1.29, 1.82) is 0 Å². The van der Waals surface area contributed by atoms with E-state index in [0.717, 1.165) is 42.2 Å². The van der Waals surface area contributed by atoms with Crippen molar-refractivity contribution < 1.29 is 4.39 Å². The lowest BCUT2D eigenvalue weighted by Gasteiger charge is -2.29. The quantitative estimate of drug-likeness (QED) is 0.477. The molecule has 168 valence electrons. The number of piperazine rings is 1. The Morgan fingerprint density at radius 2 is 1.88 bits per heavy atom. The van der Waals surface area contributed by atoms with Crippen LogP contribution >= 0.6 is 11.6 Å². The minimum atomic E-state index is -0.640. The SMILES string of the molecule is Cc1nn(-c2c(F)cccc2Cl)c(=O)c2cnc(Nc3ccc(N4CCNCC4)cc3)nc12. The van der Waals surface area contributed by atoms with E-state index in [9.17, 15) is 9.18 Å². The summed E-state index contributed by atoms with van der Waals surface area (Å²) in [4.78, 5) is 24.1. The largest absolute Gasteiger partial charge is 0.369 e. The van der Waals surface area contributed by atoms with Gasteiger partial charge in [-0.15, -0.1) is 0 Å². The molecule has 1 aliphatic heterocycles. The third kappa shape index (κ3) is 4.12. The summed E-state index contributed by atoms with van der Waals surface area (Å²) >= 11 is 6.13. The van der Waals surface area contributed by atoms with Crippen LogP contribution in [0, 0.1) is 12.7 Å². The molecule has 2 aromatic heterocycles. The molecule has 0 unspecified atom stereocenters. The maximum absolute atomic E-state index is 14.4. The van der Waals surface area contributed by atoms with Crippen LogP contribution < -0.4 is 21.1 Å². The zero-order valence-electron chi connectivity index (χ0n) is 17.8. The van der Waals surface area contributed by atoms with Crippen LogP contribution in [-0.2, 0) is 0 Å². The second-order valence-electron chi connectivity index (χ2n) is 7.74. The lowest BCUT2D eigenvalue weighted by molar-refractivity contribution is 0.589. The fourth-order valence-corrected chi connectivity index (χ4v) is 4.12. The Labute approximate surface area is 194 Å². The highest BCUT2D eigenvalue weighted by Crippen LogP contribution is 2.24. The van der Waals surface area contributed by atoms with E-state index in [-0.39, 0.29) is 16.1 Å². The van der Waals surface area contributed by atoms with E-state index in [0.29, 0.717) is 17.2 Å². The molecular formula is C23H21ClFN7O. The molecule has 0 spiro atoms. The first-order valence-electron chi connectivity index (χ1n) is 10.5. The van der Waals surface area contributed by atoms with Gasteiger partial charge in [-0.05, 0) is 43.3 Å². The van der Waals surface area contributed by atoms with Crippen molar-refractivity contribution in [1.82, 2.24) is 25.1 Å². The highest BCUT2D eigenvalue weighted by atomic mass is 35.5. The fourth-order valence-electron chi connectivity index (χ4n) is 3.88. The van der Waals surface area contributed by atoms with Gasteiger partial charge in [-0.1, -0.05) is 17.7 Å². The molecular weight excluding hydrogens is 445 g/mol. The van der Waals surface area contributed by atoms with Crippen LogP contribution in [-0.4, -0.2) is 45.9 Å². The lowest BCUT2D eigenvalue weighted by Crippen LogP contribution is -2.43. The summed E-state index contributed by atoms with van der Waals surface area (Å²) in [5.74, 6) is -0.303. The minimum absolute atomic E-state index is 0.0896.